The maximum Gasteiger partial charge on any atom is 0.204 e. The second-order valence-corrected chi connectivity index (χ2v) is 10.4. The summed E-state index contributed by atoms with van der Waals surface area (Å²) in [5, 5.41) is 0. The van der Waals surface area contributed by atoms with Crippen molar-refractivity contribution in [3.8, 4) is 11.5 Å². The van der Waals surface area contributed by atoms with Crippen LogP contribution in [0.25, 0.3) is 0 Å². The molecule has 0 saturated heterocycles. The Morgan fingerprint density at radius 2 is 1.50 bits per heavy atom. The molecule has 3 aliphatic carbocycles. The van der Waals surface area contributed by atoms with Crippen LogP contribution >= 0.6 is 0 Å². The van der Waals surface area contributed by atoms with E-state index in [9.17, 15) is 8.78 Å². The predicted octanol–water partition coefficient (Wildman–Crippen LogP) is 8.25. The number of rotatable bonds is 11. The molecule has 178 valence electrons. The molecule has 2 fully saturated rings. The van der Waals surface area contributed by atoms with Gasteiger partial charge in [0.15, 0.2) is 11.5 Å². The molecule has 3 aliphatic rings. The van der Waals surface area contributed by atoms with Crippen LogP contribution in [-0.2, 0) is 0 Å². The van der Waals surface area contributed by atoms with Crippen LogP contribution in [0.2, 0.25) is 0 Å². The first kappa shape index (κ1) is 23.6. The molecule has 4 rings (SSSR count). The Hall–Kier alpha value is -1.58. The fraction of sp³-hybridized carbons (Fsp3) is 0.714. The van der Waals surface area contributed by atoms with Gasteiger partial charge in [0.2, 0.25) is 11.6 Å². The van der Waals surface area contributed by atoms with Crippen molar-refractivity contribution < 1.29 is 18.3 Å². The van der Waals surface area contributed by atoms with Gasteiger partial charge in [0.05, 0.1) is 6.61 Å². The summed E-state index contributed by atoms with van der Waals surface area (Å²) in [6.45, 7) is 3.09. The van der Waals surface area contributed by atoms with Gasteiger partial charge in [-0.2, -0.15) is 8.78 Å². The fourth-order valence-corrected chi connectivity index (χ4v) is 5.50. The molecule has 4 heteroatoms. The summed E-state index contributed by atoms with van der Waals surface area (Å²) in [5.41, 5.74) is 1.21. The summed E-state index contributed by atoms with van der Waals surface area (Å²) in [6, 6.07) is 2.98. The van der Waals surface area contributed by atoms with Crippen molar-refractivity contribution in [1.29, 1.82) is 0 Å². The van der Waals surface area contributed by atoms with Crippen molar-refractivity contribution in [3.05, 3.63) is 35.4 Å². The first-order valence-electron chi connectivity index (χ1n) is 13.1. The van der Waals surface area contributed by atoms with E-state index in [1.54, 1.807) is 0 Å². The van der Waals surface area contributed by atoms with Crippen LogP contribution in [0.4, 0.5) is 8.78 Å². The Balaban J connectivity index is 1.20. The van der Waals surface area contributed by atoms with Crippen LogP contribution in [0.1, 0.15) is 90.4 Å². The SMILES string of the molecule is CCCCCC1CCC(C2CC=C(COc3ccc(OCC4CC4)c(F)c3F)CC2)CC1. The van der Waals surface area contributed by atoms with Gasteiger partial charge < -0.3 is 9.47 Å². The minimum Gasteiger partial charge on any atom is -0.490 e. The Morgan fingerprint density at radius 3 is 2.12 bits per heavy atom. The molecule has 1 aromatic rings. The predicted molar refractivity (Wildman–Crippen MR) is 125 cm³/mol. The third-order valence-electron chi connectivity index (χ3n) is 7.92. The van der Waals surface area contributed by atoms with E-state index in [1.165, 1.54) is 75.5 Å². The molecule has 1 atom stereocenters. The monoisotopic (exact) mass is 446 g/mol. The highest BCUT2D eigenvalue weighted by Crippen LogP contribution is 2.41. The first-order valence-corrected chi connectivity index (χ1v) is 13.1. The van der Waals surface area contributed by atoms with Crippen LogP contribution in [0.5, 0.6) is 11.5 Å². The molecular weight excluding hydrogens is 406 g/mol. The molecule has 0 bridgehead atoms. The second kappa shape index (κ2) is 11.5. The van der Waals surface area contributed by atoms with Crippen LogP contribution < -0.4 is 9.47 Å². The van der Waals surface area contributed by atoms with Crippen LogP contribution in [-0.4, -0.2) is 13.2 Å². The topological polar surface area (TPSA) is 18.5 Å². The van der Waals surface area contributed by atoms with Gasteiger partial charge in [-0.05, 0) is 86.3 Å². The number of hydrogen-bond acceptors (Lipinski definition) is 2. The second-order valence-electron chi connectivity index (χ2n) is 10.4. The smallest absolute Gasteiger partial charge is 0.204 e. The summed E-state index contributed by atoms with van der Waals surface area (Å²) in [6.07, 6.45) is 19.0. The zero-order valence-corrected chi connectivity index (χ0v) is 19.7. The molecule has 0 radical (unpaired) electrons. The van der Waals surface area contributed by atoms with Crippen molar-refractivity contribution in [2.45, 2.75) is 90.4 Å². The Bertz CT molecular complexity index is 763. The Morgan fingerprint density at radius 1 is 0.812 bits per heavy atom. The maximum absolute atomic E-state index is 14.4. The first-order chi connectivity index (χ1) is 15.6. The third kappa shape index (κ3) is 6.48. The zero-order valence-electron chi connectivity index (χ0n) is 19.7. The molecule has 32 heavy (non-hydrogen) atoms. The third-order valence-corrected chi connectivity index (χ3v) is 7.92. The largest absolute Gasteiger partial charge is 0.490 e. The average molecular weight is 447 g/mol. The van der Waals surface area contributed by atoms with Gasteiger partial charge in [0.1, 0.15) is 6.61 Å². The Labute approximate surface area is 192 Å². The average Bonchev–Trinajstić information content (AvgIpc) is 3.65. The van der Waals surface area contributed by atoms with E-state index < -0.39 is 11.6 Å². The van der Waals surface area contributed by atoms with Crippen molar-refractivity contribution in [2.24, 2.45) is 23.7 Å². The number of unbranched alkanes of at least 4 members (excludes halogenated alkanes) is 2. The van der Waals surface area contributed by atoms with E-state index >= 15 is 0 Å². The number of hydrogen-bond donors (Lipinski definition) is 0. The summed E-state index contributed by atoms with van der Waals surface area (Å²) in [4.78, 5) is 0. The van der Waals surface area contributed by atoms with Crippen LogP contribution in [0.3, 0.4) is 0 Å². The van der Waals surface area contributed by atoms with E-state index in [4.69, 9.17) is 9.47 Å². The van der Waals surface area contributed by atoms with Gasteiger partial charge in [0.25, 0.3) is 0 Å². The number of benzene rings is 1. The lowest BCUT2D eigenvalue weighted by atomic mass is 9.70. The standard InChI is InChI=1S/C28H40F2O2/c1-2-3-4-5-20-8-12-23(13-9-20)24-14-10-22(11-15-24)19-32-26-17-16-25(27(29)28(26)30)31-18-21-6-7-21/h10,16-17,20-21,23-24H,2-9,11-15,18-19H2,1H3. The minimum absolute atomic E-state index is 0.0124. The molecule has 2 nitrogen and oxygen atoms in total. The van der Waals surface area contributed by atoms with Crippen molar-refractivity contribution in [1.82, 2.24) is 0 Å². The summed E-state index contributed by atoms with van der Waals surface area (Å²) < 4.78 is 39.7. The van der Waals surface area contributed by atoms with Gasteiger partial charge in [-0.1, -0.05) is 51.5 Å². The highest BCUT2D eigenvalue weighted by molar-refractivity contribution is 5.35. The molecule has 1 unspecified atom stereocenters. The van der Waals surface area contributed by atoms with E-state index in [0.29, 0.717) is 19.1 Å². The normalized spacial score (nSPS) is 26.0. The van der Waals surface area contributed by atoms with Crippen LogP contribution in [0.15, 0.2) is 23.8 Å². The van der Waals surface area contributed by atoms with Crippen molar-refractivity contribution in [3.63, 3.8) is 0 Å². The number of ether oxygens (including phenoxy) is 2. The molecule has 0 spiro atoms. The molecular formula is C28H40F2O2. The summed E-state index contributed by atoms with van der Waals surface area (Å²) in [5.74, 6) is 1.19. The molecule has 2 saturated carbocycles. The van der Waals surface area contributed by atoms with Crippen LogP contribution in [0, 0.1) is 35.3 Å². The van der Waals surface area contributed by atoms with E-state index in [2.05, 4.69) is 13.0 Å². The molecule has 0 N–H and O–H groups in total. The van der Waals surface area contributed by atoms with Gasteiger partial charge in [-0.15, -0.1) is 0 Å². The summed E-state index contributed by atoms with van der Waals surface area (Å²) >= 11 is 0. The number of allylic oxidation sites excluding steroid dienone is 1. The van der Waals surface area contributed by atoms with Gasteiger partial charge in [-0.25, -0.2) is 0 Å². The molecule has 0 aliphatic heterocycles. The number of halogens is 2. The van der Waals surface area contributed by atoms with Gasteiger partial charge in [0, 0.05) is 0 Å². The highest BCUT2D eigenvalue weighted by atomic mass is 19.2. The van der Waals surface area contributed by atoms with E-state index in [0.717, 1.165) is 43.4 Å². The lowest BCUT2D eigenvalue weighted by Gasteiger charge is -2.35. The van der Waals surface area contributed by atoms with E-state index in [1.807, 2.05) is 0 Å². The van der Waals surface area contributed by atoms with Crippen molar-refractivity contribution in [2.75, 3.05) is 13.2 Å². The zero-order chi connectivity index (χ0) is 22.3. The molecule has 0 amide bonds. The molecule has 0 aromatic heterocycles. The van der Waals surface area contributed by atoms with Gasteiger partial charge >= 0.3 is 0 Å². The quantitative estimate of drug-likeness (QED) is 0.252. The molecule has 1 aromatic carbocycles. The fourth-order valence-electron chi connectivity index (χ4n) is 5.50. The maximum atomic E-state index is 14.4. The lowest BCUT2D eigenvalue weighted by molar-refractivity contribution is 0.183. The van der Waals surface area contributed by atoms with Crippen molar-refractivity contribution >= 4 is 0 Å². The lowest BCUT2D eigenvalue weighted by Crippen LogP contribution is -2.24. The van der Waals surface area contributed by atoms with E-state index in [-0.39, 0.29) is 11.5 Å². The summed E-state index contributed by atoms with van der Waals surface area (Å²) in [7, 11) is 0. The van der Waals surface area contributed by atoms with Gasteiger partial charge in [-0.3, -0.25) is 0 Å². The highest BCUT2D eigenvalue weighted by Gasteiger charge is 2.29. The molecule has 0 heterocycles. The minimum atomic E-state index is -0.941. The Kier molecular flexibility index (Phi) is 8.49.